The van der Waals surface area contributed by atoms with Gasteiger partial charge in [0, 0.05) is 0 Å². The topological polar surface area (TPSA) is 210 Å². The molecule has 12 heteroatoms. The Morgan fingerprint density at radius 2 is 1.05 bits per heavy atom. The van der Waals surface area contributed by atoms with Crippen LogP contribution in [0.2, 0.25) is 0 Å². The first-order valence-corrected chi connectivity index (χ1v) is 4.45. The second-order valence-electron chi connectivity index (χ2n) is 3.02. The molecule has 0 spiro atoms. The van der Waals surface area contributed by atoms with Crippen molar-refractivity contribution in [3.63, 3.8) is 0 Å². The summed E-state index contributed by atoms with van der Waals surface area (Å²) in [5.74, 6) is -6.38. The zero-order chi connectivity index (χ0) is 15.7. The average molecular weight is 326 g/mol. The molecule has 114 valence electrons. The Morgan fingerprint density at radius 1 is 0.750 bits per heavy atom. The molecule has 0 bridgehead atoms. The Labute approximate surface area is 144 Å². The molecule has 0 aliphatic heterocycles. The summed E-state index contributed by atoms with van der Waals surface area (Å²) in [6.07, 6.45) is -7.08. The normalized spacial score (nSPS) is 13.6. The van der Waals surface area contributed by atoms with Crippen molar-refractivity contribution in [1.29, 1.82) is 0 Å². The van der Waals surface area contributed by atoms with Crippen LogP contribution in [0.1, 0.15) is 9.27 Å². The van der Waals surface area contributed by atoms with Crippen LogP contribution in [-0.2, 0) is 19.2 Å². The van der Waals surface area contributed by atoms with Crippen molar-refractivity contribution in [3.05, 3.63) is 0 Å². The van der Waals surface area contributed by atoms with Crippen molar-refractivity contribution in [3.8, 4) is 0 Å². The van der Waals surface area contributed by atoms with E-state index < -0.39 is 48.6 Å². The monoisotopic (exact) mass is 326 g/mol. The van der Waals surface area contributed by atoms with Crippen molar-refractivity contribution in [1.82, 2.24) is 0 Å². The molecular weight excluding hydrogens is 312 g/mol. The van der Waals surface area contributed by atoms with E-state index in [1.165, 1.54) is 0 Å². The molecule has 7 N–H and O–H groups in total. The van der Waals surface area contributed by atoms with Crippen LogP contribution in [-0.4, -0.2) is 116 Å². The van der Waals surface area contributed by atoms with Gasteiger partial charge in [-0.2, -0.15) is 0 Å². The van der Waals surface area contributed by atoms with Crippen molar-refractivity contribution >= 4 is 61.6 Å². The first-order valence-electron chi connectivity index (χ1n) is 4.45. The van der Waals surface area contributed by atoms with Crippen molar-refractivity contribution in [2.75, 3.05) is 0 Å². The van der Waals surface area contributed by atoms with Crippen LogP contribution >= 0.6 is 0 Å². The number of carbonyl (C=O) groups is 4. The minimum absolute atomic E-state index is 0. The Morgan fingerprint density at radius 3 is 1.15 bits per heavy atom. The first-order chi connectivity index (χ1) is 8.50. The van der Waals surface area contributed by atoms with Gasteiger partial charge in [-0.1, -0.05) is 0 Å². The molecule has 3 atom stereocenters. The van der Waals surface area contributed by atoms with E-state index >= 15 is 0 Å². The Balaban J connectivity index is -0.0000000774. The Kier molecular flexibility index (Phi) is 14.2. The number of carboxylic acid groups (broad SMARTS) is 4. The molecule has 0 aromatic heterocycles. The number of rotatable bonds is 6. The van der Waals surface area contributed by atoms with E-state index in [2.05, 4.69) is 0 Å². The molecule has 0 aromatic carbocycles. The van der Waals surface area contributed by atoms with E-state index in [1.807, 2.05) is 0 Å². The molecule has 0 radical (unpaired) electrons. The standard InChI is InChI=1S/C4H6O6.C4H6O5.Ca.2H/c5-1(3(7)8)2(6)4(9)10;5-2(4(8)9)1-3(6)7;;;/h1-2,5-6H,(H,7,8)(H,9,10);2,5H,1H2,(H,6,7)(H,8,9);;;/q;;+2;2*-1. The average Bonchev–Trinajstić information content (AvgIpc) is 2.26. The van der Waals surface area contributed by atoms with Gasteiger partial charge in [0.2, 0.25) is 0 Å². The molecule has 0 amide bonds. The van der Waals surface area contributed by atoms with E-state index in [4.69, 9.17) is 35.7 Å². The molecule has 0 saturated carbocycles. The van der Waals surface area contributed by atoms with Crippen LogP contribution in [0.5, 0.6) is 0 Å². The predicted molar refractivity (Wildman–Crippen MR) is 61.2 cm³/mol. The molecule has 0 fully saturated rings. The first kappa shape index (κ1) is 24.1. The van der Waals surface area contributed by atoms with Crippen molar-refractivity contribution in [2.45, 2.75) is 24.7 Å². The molecule has 11 nitrogen and oxygen atoms in total. The third kappa shape index (κ3) is 12.1. The minimum Gasteiger partial charge on any atom is -1.00 e. The maximum Gasteiger partial charge on any atom is 2.00 e. The fourth-order valence-corrected chi connectivity index (χ4v) is 0.523. The summed E-state index contributed by atoms with van der Waals surface area (Å²) >= 11 is 0. The van der Waals surface area contributed by atoms with Gasteiger partial charge >= 0.3 is 61.6 Å². The molecule has 0 heterocycles. The van der Waals surface area contributed by atoms with E-state index in [-0.39, 0.29) is 40.6 Å². The second kappa shape index (κ2) is 11.8. The van der Waals surface area contributed by atoms with Crippen LogP contribution in [0.3, 0.4) is 0 Å². The predicted octanol–water partition coefficient (Wildman–Crippen LogP) is -3.37. The molecule has 20 heavy (non-hydrogen) atoms. The number of hydrogen-bond donors (Lipinski definition) is 7. The quantitative estimate of drug-likeness (QED) is 0.239. The summed E-state index contributed by atoms with van der Waals surface area (Å²) in [4.78, 5) is 39.0. The maximum atomic E-state index is 9.77. The van der Waals surface area contributed by atoms with Crippen LogP contribution in [0, 0.1) is 0 Å². The molecule has 0 rings (SSSR count). The Bertz CT molecular complexity index is 346. The molecule has 3 unspecified atom stereocenters. The fraction of sp³-hybridized carbons (Fsp3) is 0.500. The van der Waals surface area contributed by atoms with Gasteiger partial charge in [-0.3, -0.25) is 4.79 Å². The number of aliphatic hydroxyl groups is 3. The summed E-state index contributed by atoms with van der Waals surface area (Å²) in [6.45, 7) is 0. The number of aliphatic hydroxyl groups excluding tert-OH is 3. The van der Waals surface area contributed by atoms with Gasteiger partial charge in [-0.15, -0.1) is 0 Å². The van der Waals surface area contributed by atoms with Gasteiger partial charge in [0.15, 0.2) is 18.3 Å². The SMILES string of the molecule is O=C(O)C(O)C(O)C(=O)O.O=C(O)CC(O)C(=O)O.[Ca+2].[H-].[H-]. The van der Waals surface area contributed by atoms with E-state index in [0.29, 0.717) is 0 Å². The van der Waals surface area contributed by atoms with E-state index in [9.17, 15) is 19.2 Å². The van der Waals surface area contributed by atoms with Gasteiger partial charge in [0.25, 0.3) is 0 Å². The molecule has 0 saturated heterocycles. The van der Waals surface area contributed by atoms with E-state index in [0.717, 1.165) is 0 Å². The zero-order valence-electron chi connectivity index (χ0n) is 11.9. The fourth-order valence-electron chi connectivity index (χ4n) is 0.523. The van der Waals surface area contributed by atoms with Crippen LogP contribution in [0.4, 0.5) is 0 Å². The smallest absolute Gasteiger partial charge is 1.00 e. The third-order valence-electron chi connectivity index (χ3n) is 1.46. The summed E-state index contributed by atoms with van der Waals surface area (Å²) in [5, 5.41) is 56.7. The van der Waals surface area contributed by atoms with Crippen molar-refractivity contribution in [2.24, 2.45) is 0 Å². The van der Waals surface area contributed by atoms with Crippen LogP contribution in [0.15, 0.2) is 0 Å². The van der Waals surface area contributed by atoms with Gasteiger partial charge in [0.05, 0.1) is 6.42 Å². The van der Waals surface area contributed by atoms with Crippen LogP contribution in [0.25, 0.3) is 0 Å². The zero-order valence-corrected chi connectivity index (χ0v) is 12.1. The van der Waals surface area contributed by atoms with E-state index in [1.54, 1.807) is 0 Å². The van der Waals surface area contributed by atoms with Gasteiger partial charge in [-0.05, 0) is 0 Å². The third-order valence-corrected chi connectivity index (χ3v) is 1.46. The largest absolute Gasteiger partial charge is 2.00 e. The van der Waals surface area contributed by atoms with Gasteiger partial charge in [-0.25, -0.2) is 14.4 Å². The van der Waals surface area contributed by atoms with Gasteiger partial charge < -0.3 is 38.6 Å². The summed E-state index contributed by atoms with van der Waals surface area (Å²) in [5.41, 5.74) is 0. The number of carboxylic acids is 4. The minimum atomic E-state index is -2.27. The second-order valence-corrected chi connectivity index (χ2v) is 3.02. The molecule has 0 aliphatic carbocycles. The number of hydrogen-bond acceptors (Lipinski definition) is 7. The van der Waals surface area contributed by atoms with Crippen molar-refractivity contribution < 1.29 is 57.8 Å². The molecule has 0 aliphatic rings. The Hall–Kier alpha value is -0.980. The maximum absolute atomic E-state index is 9.77. The van der Waals surface area contributed by atoms with Gasteiger partial charge in [0.1, 0.15) is 0 Å². The van der Waals surface area contributed by atoms with Crippen LogP contribution < -0.4 is 0 Å². The summed E-state index contributed by atoms with van der Waals surface area (Å²) in [6, 6.07) is 0. The molecular formula is C8H14CaO11. The summed E-state index contributed by atoms with van der Waals surface area (Å²) < 4.78 is 0. The summed E-state index contributed by atoms with van der Waals surface area (Å²) in [7, 11) is 0. The number of aliphatic carboxylic acids is 4. The molecule has 0 aromatic rings.